The van der Waals surface area contributed by atoms with Crippen molar-refractivity contribution in [3.8, 4) is 0 Å². The lowest BCUT2D eigenvalue weighted by atomic mass is 10.0. The maximum atomic E-state index is 13.0. The van der Waals surface area contributed by atoms with Crippen molar-refractivity contribution in [2.45, 2.75) is 6.54 Å². The molecule has 5 nitrogen and oxygen atoms in total. The Balaban J connectivity index is 1.43. The first-order valence-electron chi connectivity index (χ1n) is 9.66. The molecule has 1 aliphatic heterocycles. The average molecular weight is 437 g/mol. The summed E-state index contributed by atoms with van der Waals surface area (Å²) >= 11 is 7.36. The number of nitrogen functional groups attached to an aromatic ring is 1. The Morgan fingerprint density at radius 3 is 2.37 bits per heavy atom. The van der Waals surface area contributed by atoms with Gasteiger partial charge in [0.15, 0.2) is 11.5 Å². The Hall–Kier alpha value is -2.85. The highest BCUT2D eigenvalue weighted by Gasteiger charge is 2.23. The number of hydrogen-bond acceptors (Lipinski definition) is 5. The van der Waals surface area contributed by atoms with E-state index in [0.29, 0.717) is 33.4 Å². The summed E-state index contributed by atoms with van der Waals surface area (Å²) in [6.07, 6.45) is 0. The van der Waals surface area contributed by atoms with Crippen molar-refractivity contribution in [1.29, 1.82) is 0 Å². The smallest absolute Gasteiger partial charge is 0.196 e. The van der Waals surface area contributed by atoms with Crippen LogP contribution in [0.2, 0.25) is 5.02 Å². The SMILES string of the molecule is [C-]#[N+]c1ccc(N2CCN(Cc3csc(N)c3C(=O)c3ccc(Cl)cc3)CC2)cc1. The van der Waals surface area contributed by atoms with Crippen molar-refractivity contribution >= 4 is 45.1 Å². The largest absolute Gasteiger partial charge is 0.390 e. The predicted octanol–water partition coefficient (Wildman–Crippen LogP) is 5.09. The monoisotopic (exact) mass is 436 g/mol. The third-order valence-electron chi connectivity index (χ3n) is 5.34. The fourth-order valence-corrected chi connectivity index (χ4v) is 4.60. The number of rotatable bonds is 5. The van der Waals surface area contributed by atoms with E-state index >= 15 is 0 Å². The molecular weight excluding hydrogens is 416 g/mol. The molecule has 0 unspecified atom stereocenters. The van der Waals surface area contributed by atoms with Gasteiger partial charge in [-0.25, -0.2) is 4.85 Å². The van der Waals surface area contributed by atoms with E-state index in [1.807, 2.05) is 29.6 Å². The van der Waals surface area contributed by atoms with Crippen LogP contribution < -0.4 is 10.6 Å². The van der Waals surface area contributed by atoms with E-state index in [-0.39, 0.29) is 5.78 Å². The van der Waals surface area contributed by atoms with Crippen LogP contribution >= 0.6 is 22.9 Å². The molecule has 1 aromatic heterocycles. The number of carbonyl (C=O) groups is 1. The van der Waals surface area contributed by atoms with Crippen molar-refractivity contribution in [1.82, 2.24) is 4.90 Å². The molecule has 0 atom stereocenters. The summed E-state index contributed by atoms with van der Waals surface area (Å²) in [6.45, 7) is 11.4. The standard InChI is InChI=1S/C23H21ClN4OS/c1-26-19-6-8-20(9-7-19)28-12-10-27(11-13-28)14-17-15-30-23(25)21(17)22(29)16-2-4-18(24)5-3-16/h2-9,15H,10-14,25H2. The normalized spacial score (nSPS) is 14.5. The molecule has 2 N–H and O–H groups in total. The molecule has 0 amide bonds. The van der Waals surface area contributed by atoms with Crippen LogP contribution in [0.3, 0.4) is 0 Å². The Morgan fingerprint density at radius 2 is 1.73 bits per heavy atom. The molecule has 2 heterocycles. The minimum Gasteiger partial charge on any atom is -0.390 e. The zero-order valence-corrected chi connectivity index (χ0v) is 17.9. The number of benzene rings is 2. The number of nitrogens with two attached hydrogens (primary N) is 1. The lowest BCUT2D eigenvalue weighted by Crippen LogP contribution is -2.46. The zero-order chi connectivity index (χ0) is 21.1. The van der Waals surface area contributed by atoms with Gasteiger partial charge in [-0.2, -0.15) is 0 Å². The molecule has 3 aromatic rings. The second kappa shape index (κ2) is 8.88. The van der Waals surface area contributed by atoms with Crippen LogP contribution in [-0.2, 0) is 6.54 Å². The number of hydrogen-bond donors (Lipinski definition) is 1. The summed E-state index contributed by atoms with van der Waals surface area (Å²) in [7, 11) is 0. The maximum absolute atomic E-state index is 13.0. The van der Waals surface area contributed by atoms with Crippen LogP contribution in [0.25, 0.3) is 4.85 Å². The number of nitrogens with zero attached hydrogens (tertiary/aromatic N) is 3. The van der Waals surface area contributed by atoms with Crippen LogP contribution in [-0.4, -0.2) is 36.9 Å². The van der Waals surface area contributed by atoms with Gasteiger partial charge in [-0.15, -0.1) is 11.3 Å². The summed E-state index contributed by atoms with van der Waals surface area (Å²) in [6, 6.07) is 14.7. The first-order chi connectivity index (χ1) is 14.5. The van der Waals surface area contributed by atoms with Crippen LogP contribution in [0.5, 0.6) is 0 Å². The molecule has 2 aromatic carbocycles. The molecule has 0 radical (unpaired) electrons. The zero-order valence-electron chi connectivity index (χ0n) is 16.3. The molecule has 0 saturated carbocycles. The topological polar surface area (TPSA) is 53.9 Å². The number of anilines is 2. The highest BCUT2D eigenvalue weighted by atomic mass is 35.5. The van der Waals surface area contributed by atoms with Gasteiger partial charge in [0.1, 0.15) is 0 Å². The van der Waals surface area contributed by atoms with Crippen LogP contribution in [0, 0.1) is 6.57 Å². The van der Waals surface area contributed by atoms with E-state index < -0.39 is 0 Å². The number of piperazine rings is 1. The maximum Gasteiger partial charge on any atom is 0.196 e. The molecule has 30 heavy (non-hydrogen) atoms. The number of carbonyl (C=O) groups excluding carboxylic acids is 1. The summed E-state index contributed by atoms with van der Waals surface area (Å²) < 4.78 is 0. The van der Waals surface area contributed by atoms with Crippen LogP contribution in [0.1, 0.15) is 21.5 Å². The fourth-order valence-electron chi connectivity index (χ4n) is 3.67. The van der Waals surface area contributed by atoms with Crippen molar-refractivity contribution < 1.29 is 4.79 Å². The third kappa shape index (κ3) is 4.34. The second-order valence-electron chi connectivity index (χ2n) is 7.23. The van der Waals surface area contributed by atoms with Gasteiger partial charge in [-0.1, -0.05) is 23.7 Å². The summed E-state index contributed by atoms with van der Waals surface area (Å²) in [5.74, 6) is -0.0565. The quantitative estimate of drug-likeness (QED) is 0.447. The van der Waals surface area contributed by atoms with Gasteiger partial charge in [0.25, 0.3) is 0 Å². The second-order valence-corrected chi connectivity index (χ2v) is 8.58. The number of thiophene rings is 1. The first-order valence-corrected chi connectivity index (χ1v) is 10.9. The van der Waals surface area contributed by atoms with Gasteiger partial charge in [0.05, 0.1) is 17.1 Å². The lowest BCUT2D eigenvalue weighted by molar-refractivity contribution is 0.103. The van der Waals surface area contributed by atoms with Gasteiger partial charge in [0, 0.05) is 49.0 Å². The molecule has 1 fully saturated rings. The summed E-state index contributed by atoms with van der Waals surface area (Å²) in [4.78, 5) is 21.2. The van der Waals surface area contributed by atoms with E-state index in [1.165, 1.54) is 11.3 Å². The van der Waals surface area contributed by atoms with E-state index in [2.05, 4.69) is 14.6 Å². The summed E-state index contributed by atoms with van der Waals surface area (Å²) in [5.41, 5.74) is 10.1. The highest BCUT2D eigenvalue weighted by Crippen LogP contribution is 2.30. The average Bonchev–Trinajstić information content (AvgIpc) is 3.14. The van der Waals surface area contributed by atoms with Gasteiger partial charge in [-0.3, -0.25) is 9.69 Å². The van der Waals surface area contributed by atoms with Gasteiger partial charge in [-0.05, 0) is 47.3 Å². The van der Waals surface area contributed by atoms with Gasteiger partial charge in [0.2, 0.25) is 0 Å². The van der Waals surface area contributed by atoms with Crippen LogP contribution in [0.15, 0.2) is 53.9 Å². The summed E-state index contributed by atoms with van der Waals surface area (Å²) in [5, 5.41) is 3.16. The van der Waals surface area contributed by atoms with E-state index in [0.717, 1.165) is 37.4 Å². The van der Waals surface area contributed by atoms with Gasteiger partial charge < -0.3 is 10.6 Å². The number of ketones is 1. The van der Waals surface area contributed by atoms with Crippen molar-refractivity contribution in [2.75, 3.05) is 36.8 Å². The molecule has 1 saturated heterocycles. The third-order valence-corrected chi connectivity index (χ3v) is 6.45. The first kappa shape index (κ1) is 20.4. The molecule has 7 heteroatoms. The molecule has 4 rings (SSSR count). The Bertz CT molecular complexity index is 1080. The van der Waals surface area contributed by atoms with Crippen LogP contribution in [0.4, 0.5) is 16.4 Å². The Kier molecular flexibility index (Phi) is 6.05. The lowest BCUT2D eigenvalue weighted by Gasteiger charge is -2.36. The molecule has 0 aliphatic carbocycles. The van der Waals surface area contributed by atoms with Gasteiger partial charge >= 0.3 is 0 Å². The predicted molar refractivity (Wildman–Crippen MR) is 124 cm³/mol. The molecule has 0 spiro atoms. The number of halogens is 1. The van der Waals surface area contributed by atoms with Crippen molar-refractivity contribution in [3.05, 3.63) is 87.0 Å². The van der Waals surface area contributed by atoms with E-state index in [1.54, 1.807) is 24.3 Å². The molecular formula is C23H21ClN4OS. The van der Waals surface area contributed by atoms with E-state index in [9.17, 15) is 4.79 Å². The minimum atomic E-state index is -0.0565. The van der Waals surface area contributed by atoms with Crippen molar-refractivity contribution in [3.63, 3.8) is 0 Å². The molecule has 152 valence electrons. The van der Waals surface area contributed by atoms with E-state index in [4.69, 9.17) is 23.9 Å². The molecule has 1 aliphatic rings. The highest BCUT2D eigenvalue weighted by molar-refractivity contribution is 7.14. The molecule has 0 bridgehead atoms. The Labute approximate surface area is 185 Å². The Morgan fingerprint density at radius 1 is 1.07 bits per heavy atom. The fraction of sp³-hybridized carbons (Fsp3) is 0.217. The van der Waals surface area contributed by atoms with Crippen molar-refractivity contribution in [2.24, 2.45) is 0 Å². The minimum absolute atomic E-state index is 0.0565.